The van der Waals surface area contributed by atoms with E-state index in [0.29, 0.717) is 6.29 Å². The van der Waals surface area contributed by atoms with Crippen molar-refractivity contribution in [2.24, 2.45) is 0 Å². The average Bonchev–Trinajstić information content (AvgIpc) is 2.52. The second-order valence-electron chi connectivity index (χ2n) is 4.69. The van der Waals surface area contributed by atoms with Crippen molar-refractivity contribution in [3.8, 4) is 0 Å². The second kappa shape index (κ2) is 9.13. The highest BCUT2D eigenvalue weighted by Gasteiger charge is 2.48. The van der Waals surface area contributed by atoms with Gasteiger partial charge in [0.25, 0.3) is 0 Å². The first-order valence-electron chi connectivity index (χ1n) is 6.94. The first kappa shape index (κ1) is 18.9. The molecule has 0 aliphatic carbocycles. The molecule has 0 aromatic heterocycles. The van der Waals surface area contributed by atoms with Crippen molar-refractivity contribution >= 4 is 12.3 Å². The van der Waals surface area contributed by atoms with Crippen molar-refractivity contribution in [1.29, 1.82) is 0 Å². The molecule has 1 rings (SSSR count). The van der Waals surface area contributed by atoms with E-state index in [1.165, 1.54) is 0 Å². The Kier molecular flexibility index (Phi) is 7.87. The monoisotopic (exact) mass is 322 g/mol. The largest absolute Gasteiger partial charge is 0.467 e. The van der Waals surface area contributed by atoms with E-state index in [2.05, 4.69) is 4.74 Å². The zero-order valence-corrected chi connectivity index (χ0v) is 12.5. The number of esters is 1. The summed E-state index contributed by atoms with van der Waals surface area (Å²) in [5.41, 5.74) is 0. The van der Waals surface area contributed by atoms with Gasteiger partial charge >= 0.3 is 5.97 Å². The van der Waals surface area contributed by atoms with Crippen molar-refractivity contribution in [3.63, 3.8) is 0 Å². The van der Waals surface area contributed by atoms with Crippen LogP contribution in [0.5, 0.6) is 0 Å². The first-order valence-corrected chi connectivity index (χ1v) is 6.94. The summed E-state index contributed by atoms with van der Waals surface area (Å²) in [4.78, 5) is 21.9. The molecule has 1 aliphatic heterocycles. The minimum atomic E-state index is -1.66. The van der Waals surface area contributed by atoms with E-state index in [1.807, 2.05) is 0 Å². The highest BCUT2D eigenvalue weighted by atomic mass is 16.8. The first-order chi connectivity index (χ1) is 10.5. The predicted molar refractivity (Wildman–Crippen MR) is 70.5 cm³/mol. The number of aldehydes is 1. The molecule has 1 saturated heterocycles. The third-order valence-electron chi connectivity index (χ3n) is 3.16. The topological polar surface area (TPSA) is 132 Å². The van der Waals surface area contributed by atoms with Gasteiger partial charge in [-0.3, -0.25) is 0 Å². The SMILES string of the molecule is CCOC(CCC=O)O[C@@H]1O[C@H](C(=O)OC)[C@@H](O)[C@H](O)[C@H]1O. The molecule has 22 heavy (non-hydrogen) atoms. The van der Waals surface area contributed by atoms with Crippen LogP contribution in [0.2, 0.25) is 0 Å². The normalized spacial score (nSPS) is 33.2. The molecule has 3 N–H and O–H groups in total. The van der Waals surface area contributed by atoms with Crippen LogP contribution >= 0.6 is 0 Å². The maximum absolute atomic E-state index is 11.5. The summed E-state index contributed by atoms with van der Waals surface area (Å²) in [5.74, 6) is -0.909. The maximum atomic E-state index is 11.5. The molecule has 1 aliphatic rings. The Bertz CT molecular complexity index is 361. The van der Waals surface area contributed by atoms with Gasteiger partial charge in [0.05, 0.1) is 7.11 Å². The smallest absolute Gasteiger partial charge is 0.337 e. The lowest BCUT2D eigenvalue weighted by Crippen LogP contribution is -2.61. The number of aliphatic hydroxyl groups excluding tert-OH is 3. The van der Waals surface area contributed by atoms with E-state index >= 15 is 0 Å². The maximum Gasteiger partial charge on any atom is 0.337 e. The highest BCUT2D eigenvalue weighted by Crippen LogP contribution is 2.24. The molecule has 0 aromatic carbocycles. The third kappa shape index (κ3) is 4.70. The Balaban J connectivity index is 2.77. The molecule has 1 fully saturated rings. The van der Waals surface area contributed by atoms with Gasteiger partial charge < -0.3 is 39.1 Å². The van der Waals surface area contributed by atoms with E-state index < -0.39 is 43.0 Å². The van der Waals surface area contributed by atoms with Crippen LogP contribution in [0.4, 0.5) is 0 Å². The Hall–Kier alpha value is -1.10. The van der Waals surface area contributed by atoms with E-state index in [0.717, 1.165) is 7.11 Å². The minimum absolute atomic E-state index is 0.166. The Labute approximate surface area is 127 Å². The quantitative estimate of drug-likeness (QED) is 0.272. The van der Waals surface area contributed by atoms with Gasteiger partial charge in [0.2, 0.25) is 0 Å². The zero-order chi connectivity index (χ0) is 16.7. The van der Waals surface area contributed by atoms with Gasteiger partial charge in [-0.25, -0.2) is 4.79 Å². The second-order valence-corrected chi connectivity index (χ2v) is 4.69. The number of hydrogen-bond acceptors (Lipinski definition) is 9. The van der Waals surface area contributed by atoms with E-state index in [4.69, 9.17) is 14.2 Å². The summed E-state index contributed by atoms with van der Waals surface area (Å²) < 4.78 is 20.2. The van der Waals surface area contributed by atoms with E-state index in [-0.39, 0.29) is 19.4 Å². The standard InChI is InChI=1S/C13H22O9/c1-3-20-7(5-4-6-14)21-13-10(17)8(15)9(16)11(22-13)12(18)19-2/h6-11,13,15-17H,3-5H2,1-2H3/t7?,8-,9-,10+,11-,13+/m0/s1. The predicted octanol–water partition coefficient (Wildman–Crippen LogP) is -1.67. The Morgan fingerprint density at radius 3 is 2.50 bits per heavy atom. The van der Waals surface area contributed by atoms with Gasteiger partial charge in [0.15, 0.2) is 18.7 Å². The number of rotatable bonds is 8. The molecule has 1 unspecified atom stereocenters. The zero-order valence-electron chi connectivity index (χ0n) is 12.5. The molecule has 0 aromatic rings. The van der Waals surface area contributed by atoms with Gasteiger partial charge in [-0.05, 0) is 6.92 Å². The lowest BCUT2D eigenvalue weighted by Gasteiger charge is -2.40. The van der Waals surface area contributed by atoms with Crippen LogP contribution in [-0.4, -0.2) is 78.3 Å². The van der Waals surface area contributed by atoms with Crippen LogP contribution in [0.25, 0.3) is 0 Å². The molecule has 1 heterocycles. The molecule has 6 atom stereocenters. The lowest BCUT2D eigenvalue weighted by molar-refractivity contribution is -0.331. The fourth-order valence-electron chi connectivity index (χ4n) is 2.00. The van der Waals surface area contributed by atoms with E-state index in [1.54, 1.807) is 6.92 Å². The van der Waals surface area contributed by atoms with Crippen LogP contribution < -0.4 is 0 Å². The molecule has 128 valence electrons. The van der Waals surface area contributed by atoms with Gasteiger partial charge in [-0.1, -0.05) is 0 Å². The number of hydrogen-bond donors (Lipinski definition) is 3. The van der Waals surface area contributed by atoms with Crippen molar-refractivity contribution in [2.75, 3.05) is 13.7 Å². The third-order valence-corrected chi connectivity index (χ3v) is 3.16. The van der Waals surface area contributed by atoms with Gasteiger partial charge in [-0.2, -0.15) is 0 Å². The Morgan fingerprint density at radius 2 is 1.95 bits per heavy atom. The van der Waals surface area contributed by atoms with Gasteiger partial charge in [0, 0.05) is 19.4 Å². The fourth-order valence-corrected chi connectivity index (χ4v) is 2.00. The molecule has 0 amide bonds. The minimum Gasteiger partial charge on any atom is -0.467 e. The molecule has 9 heteroatoms. The van der Waals surface area contributed by atoms with Gasteiger partial charge in [0.1, 0.15) is 24.6 Å². The number of carbonyl (C=O) groups is 2. The van der Waals surface area contributed by atoms with Crippen LogP contribution in [-0.2, 0) is 28.5 Å². The van der Waals surface area contributed by atoms with Crippen LogP contribution in [0, 0.1) is 0 Å². The average molecular weight is 322 g/mol. The van der Waals surface area contributed by atoms with Crippen molar-refractivity contribution < 1.29 is 43.9 Å². The number of ether oxygens (including phenoxy) is 4. The molecular formula is C13H22O9. The molecule has 0 bridgehead atoms. The summed E-state index contributed by atoms with van der Waals surface area (Å²) in [5, 5.41) is 29.4. The van der Waals surface area contributed by atoms with Crippen LogP contribution in [0.3, 0.4) is 0 Å². The number of carbonyl (C=O) groups excluding carboxylic acids is 2. The number of methoxy groups -OCH3 is 1. The van der Waals surface area contributed by atoms with Crippen molar-refractivity contribution in [3.05, 3.63) is 0 Å². The summed E-state index contributed by atoms with van der Waals surface area (Å²) in [6.45, 7) is 2.00. The molecule has 0 spiro atoms. The molecule has 0 saturated carbocycles. The summed E-state index contributed by atoms with van der Waals surface area (Å²) >= 11 is 0. The number of aliphatic hydroxyl groups is 3. The van der Waals surface area contributed by atoms with E-state index in [9.17, 15) is 24.9 Å². The van der Waals surface area contributed by atoms with Crippen molar-refractivity contribution in [2.45, 2.75) is 56.8 Å². The van der Waals surface area contributed by atoms with Gasteiger partial charge in [-0.15, -0.1) is 0 Å². The summed E-state index contributed by atoms with van der Waals surface area (Å²) in [6.07, 6.45) is -7.61. The van der Waals surface area contributed by atoms with Crippen LogP contribution in [0.15, 0.2) is 0 Å². The fraction of sp³-hybridized carbons (Fsp3) is 0.846. The summed E-state index contributed by atoms with van der Waals surface area (Å²) in [7, 11) is 1.10. The molecule has 0 radical (unpaired) electrons. The highest BCUT2D eigenvalue weighted by molar-refractivity contribution is 5.75. The molecular weight excluding hydrogens is 300 g/mol. The lowest BCUT2D eigenvalue weighted by atomic mass is 9.99. The van der Waals surface area contributed by atoms with Crippen LogP contribution in [0.1, 0.15) is 19.8 Å². The van der Waals surface area contributed by atoms with Crippen molar-refractivity contribution in [1.82, 2.24) is 0 Å². The summed E-state index contributed by atoms with van der Waals surface area (Å²) in [6, 6.07) is 0. The Morgan fingerprint density at radius 1 is 1.27 bits per heavy atom. The molecule has 9 nitrogen and oxygen atoms in total.